The zero-order chi connectivity index (χ0) is 21.3. The molecule has 0 N–H and O–H groups in total. The Balaban J connectivity index is 1.82. The van der Waals surface area contributed by atoms with Crippen LogP contribution in [0, 0.1) is 6.92 Å². The summed E-state index contributed by atoms with van der Waals surface area (Å²) >= 11 is 0. The van der Waals surface area contributed by atoms with E-state index in [0.29, 0.717) is 22.6 Å². The Hall–Kier alpha value is -3.18. The summed E-state index contributed by atoms with van der Waals surface area (Å²) < 4.78 is 33.1. The van der Waals surface area contributed by atoms with Crippen molar-refractivity contribution in [3.63, 3.8) is 0 Å². The average Bonchev–Trinajstić information content (AvgIpc) is 2.74. The van der Waals surface area contributed by atoms with Crippen molar-refractivity contribution in [3.8, 4) is 5.75 Å². The standard InChI is InChI=1S/C25H22O4S/c1-17-12-14-20(15-13-17)30(27,28)25-18(2)29-24-11-7-6-10-21(24)22(25)16-23(26)19-8-4-3-5-9-19/h3-15,22H,16H2,1-2H3. The molecule has 152 valence electrons. The van der Waals surface area contributed by atoms with E-state index in [1.54, 1.807) is 61.5 Å². The van der Waals surface area contributed by atoms with Gasteiger partial charge >= 0.3 is 0 Å². The summed E-state index contributed by atoms with van der Waals surface area (Å²) in [6, 6.07) is 23.0. The minimum absolute atomic E-state index is 0.0438. The van der Waals surface area contributed by atoms with Crippen LogP contribution in [0.1, 0.15) is 40.7 Å². The third-order valence-corrected chi connectivity index (χ3v) is 7.37. The molecule has 4 rings (SSSR count). The van der Waals surface area contributed by atoms with Crippen molar-refractivity contribution in [2.24, 2.45) is 0 Å². The van der Waals surface area contributed by atoms with Gasteiger partial charge in [0.1, 0.15) is 11.5 Å². The minimum atomic E-state index is -3.85. The number of allylic oxidation sites excluding steroid dienone is 2. The molecule has 1 aliphatic heterocycles. The molecule has 1 heterocycles. The highest BCUT2D eigenvalue weighted by molar-refractivity contribution is 7.95. The number of ether oxygens (including phenoxy) is 1. The van der Waals surface area contributed by atoms with Gasteiger partial charge < -0.3 is 4.74 Å². The Morgan fingerprint density at radius 1 is 0.867 bits per heavy atom. The van der Waals surface area contributed by atoms with Gasteiger partial charge in [-0.1, -0.05) is 66.2 Å². The summed E-state index contributed by atoms with van der Waals surface area (Å²) in [4.78, 5) is 13.4. The maximum Gasteiger partial charge on any atom is 0.206 e. The lowest BCUT2D eigenvalue weighted by Gasteiger charge is -2.29. The number of hydrogen-bond donors (Lipinski definition) is 0. The van der Waals surface area contributed by atoms with Crippen LogP contribution in [-0.2, 0) is 9.84 Å². The van der Waals surface area contributed by atoms with Crippen LogP contribution in [0.5, 0.6) is 5.75 Å². The van der Waals surface area contributed by atoms with Crippen LogP contribution in [0.2, 0.25) is 0 Å². The molecule has 1 unspecified atom stereocenters. The number of fused-ring (bicyclic) bond motifs is 1. The fourth-order valence-electron chi connectivity index (χ4n) is 3.81. The van der Waals surface area contributed by atoms with E-state index in [1.165, 1.54) is 0 Å². The first-order valence-corrected chi connectivity index (χ1v) is 11.2. The van der Waals surface area contributed by atoms with Crippen LogP contribution in [0.15, 0.2) is 94.4 Å². The summed E-state index contributed by atoms with van der Waals surface area (Å²) in [6.45, 7) is 3.55. The fraction of sp³-hybridized carbons (Fsp3) is 0.160. The highest BCUT2D eigenvalue weighted by Crippen LogP contribution is 2.45. The number of ketones is 1. The van der Waals surface area contributed by atoms with Gasteiger partial charge in [0.2, 0.25) is 9.84 Å². The minimum Gasteiger partial charge on any atom is -0.461 e. The zero-order valence-electron chi connectivity index (χ0n) is 16.8. The molecular weight excluding hydrogens is 396 g/mol. The van der Waals surface area contributed by atoms with Crippen molar-refractivity contribution < 1.29 is 17.9 Å². The molecule has 0 radical (unpaired) electrons. The molecule has 5 heteroatoms. The second-order valence-electron chi connectivity index (χ2n) is 7.42. The van der Waals surface area contributed by atoms with E-state index < -0.39 is 15.8 Å². The number of carbonyl (C=O) groups excluding carboxylic acids is 1. The van der Waals surface area contributed by atoms with Gasteiger partial charge in [0.05, 0.1) is 9.80 Å². The Kier molecular flexibility index (Phi) is 5.31. The molecule has 0 bridgehead atoms. The highest BCUT2D eigenvalue weighted by Gasteiger charge is 2.38. The van der Waals surface area contributed by atoms with Gasteiger partial charge in [-0.3, -0.25) is 4.79 Å². The van der Waals surface area contributed by atoms with Crippen LogP contribution in [0.3, 0.4) is 0 Å². The molecule has 3 aromatic carbocycles. The van der Waals surface area contributed by atoms with Crippen LogP contribution >= 0.6 is 0 Å². The van der Waals surface area contributed by atoms with Gasteiger partial charge in [-0.2, -0.15) is 0 Å². The lowest BCUT2D eigenvalue weighted by Crippen LogP contribution is -2.23. The molecule has 1 atom stereocenters. The molecule has 4 nitrogen and oxygen atoms in total. The molecule has 0 fully saturated rings. The predicted molar refractivity (Wildman–Crippen MR) is 116 cm³/mol. The van der Waals surface area contributed by atoms with Gasteiger partial charge in [0.25, 0.3) is 0 Å². The predicted octanol–water partition coefficient (Wildman–Crippen LogP) is 5.45. The number of rotatable bonds is 5. The number of carbonyl (C=O) groups is 1. The maximum atomic E-state index is 13.6. The van der Waals surface area contributed by atoms with E-state index >= 15 is 0 Å². The normalized spacial score (nSPS) is 16.0. The molecule has 0 spiro atoms. The lowest BCUT2D eigenvalue weighted by molar-refractivity contribution is 0.0977. The number of hydrogen-bond acceptors (Lipinski definition) is 4. The molecule has 0 aromatic heterocycles. The fourth-order valence-corrected chi connectivity index (χ4v) is 5.57. The van der Waals surface area contributed by atoms with Crippen LogP contribution in [0.25, 0.3) is 0 Å². The first kappa shape index (κ1) is 20.1. The van der Waals surface area contributed by atoms with Gasteiger partial charge in [-0.05, 0) is 32.0 Å². The first-order chi connectivity index (χ1) is 14.4. The zero-order valence-corrected chi connectivity index (χ0v) is 17.6. The summed E-state index contributed by atoms with van der Waals surface area (Å²) in [5.41, 5.74) is 2.24. The first-order valence-electron chi connectivity index (χ1n) is 9.75. The molecule has 30 heavy (non-hydrogen) atoms. The second kappa shape index (κ2) is 7.92. The topological polar surface area (TPSA) is 60.4 Å². The molecule has 0 aliphatic carbocycles. The van der Waals surface area contributed by atoms with Crippen molar-refractivity contribution in [1.82, 2.24) is 0 Å². The Morgan fingerprint density at radius 3 is 2.20 bits per heavy atom. The smallest absolute Gasteiger partial charge is 0.206 e. The van der Waals surface area contributed by atoms with Crippen molar-refractivity contribution >= 4 is 15.6 Å². The quantitative estimate of drug-likeness (QED) is 0.517. The van der Waals surface area contributed by atoms with Crippen LogP contribution < -0.4 is 4.74 Å². The molecule has 3 aromatic rings. The van der Waals surface area contributed by atoms with Crippen molar-refractivity contribution in [2.45, 2.75) is 31.1 Å². The highest BCUT2D eigenvalue weighted by atomic mass is 32.2. The molecule has 0 amide bonds. The molecule has 0 saturated carbocycles. The van der Waals surface area contributed by atoms with E-state index in [9.17, 15) is 13.2 Å². The average molecular weight is 419 g/mol. The third-order valence-electron chi connectivity index (χ3n) is 5.33. The number of sulfone groups is 1. The second-order valence-corrected chi connectivity index (χ2v) is 9.34. The Labute approximate surface area is 176 Å². The van der Waals surface area contributed by atoms with E-state index in [4.69, 9.17) is 4.74 Å². The molecule has 1 aliphatic rings. The summed E-state index contributed by atoms with van der Waals surface area (Å²) in [5, 5.41) is 0. The van der Waals surface area contributed by atoms with Gasteiger partial charge in [-0.15, -0.1) is 0 Å². The van der Waals surface area contributed by atoms with E-state index in [1.807, 2.05) is 31.2 Å². The maximum absolute atomic E-state index is 13.6. The van der Waals surface area contributed by atoms with Crippen LogP contribution in [0.4, 0.5) is 0 Å². The monoisotopic (exact) mass is 418 g/mol. The number of aryl methyl sites for hydroxylation is 1. The summed E-state index contributed by atoms with van der Waals surface area (Å²) in [7, 11) is -3.85. The van der Waals surface area contributed by atoms with Crippen LogP contribution in [-0.4, -0.2) is 14.2 Å². The van der Waals surface area contributed by atoms with E-state index in [2.05, 4.69) is 0 Å². The SMILES string of the molecule is CC1=C(S(=O)(=O)c2ccc(C)cc2)C(CC(=O)c2ccccc2)c2ccccc2O1. The van der Waals surface area contributed by atoms with Gasteiger partial charge in [-0.25, -0.2) is 8.42 Å². The third kappa shape index (κ3) is 3.68. The Morgan fingerprint density at radius 2 is 1.50 bits per heavy atom. The van der Waals surface area contributed by atoms with Gasteiger partial charge in [0.15, 0.2) is 5.78 Å². The number of benzene rings is 3. The van der Waals surface area contributed by atoms with Crippen molar-refractivity contribution in [2.75, 3.05) is 0 Å². The number of Topliss-reactive ketones (excluding diaryl/α,β-unsaturated/α-hetero) is 1. The van der Waals surface area contributed by atoms with E-state index in [-0.39, 0.29) is 22.0 Å². The largest absolute Gasteiger partial charge is 0.461 e. The van der Waals surface area contributed by atoms with Crippen molar-refractivity contribution in [1.29, 1.82) is 0 Å². The number of para-hydroxylation sites is 1. The Bertz CT molecular complexity index is 1220. The van der Waals surface area contributed by atoms with E-state index in [0.717, 1.165) is 5.56 Å². The summed E-state index contributed by atoms with van der Waals surface area (Å²) in [6.07, 6.45) is 0.0438. The molecule has 0 saturated heterocycles. The summed E-state index contributed by atoms with van der Waals surface area (Å²) in [5.74, 6) is 0.166. The van der Waals surface area contributed by atoms with Crippen molar-refractivity contribution in [3.05, 3.63) is 106 Å². The lowest BCUT2D eigenvalue weighted by atomic mass is 9.89. The van der Waals surface area contributed by atoms with Gasteiger partial charge in [0, 0.05) is 23.5 Å². The molecular formula is C25H22O4S.